The average Bonchev–Trinajstić information content (AvgIpc) is 2.38. The molecule has 0 fully saturated rings. The van der Waals surface area contributed by atoms with E-state index in [0.29, 0.717) is 0 Å². The van der Waals surface area contributed by atoms with Crippen molar-refractivity contribution in [3.63, 3.8) is 0 Å². The molecule has 0 amide bonds. The first-order chi connectivity index (χ1) is 9.66. The maximum absolute atomic E-state index is 2.30. The standard InChI is InChI=1S/C20H27Si/c1-19(2,3)15-7-11-17(12-8-15)21-18-13-9-16(10-14-18)20(4,5)6/h7-14,21H,1-6H3. The van der Waals surface area contributed by atoms with Crippen LogP contribution in [0.25, 0.3) is 0 Å². The quantitative estimate of drug-likeness (QED) is 0.742. The number of hydrogen-bond donors (Lipinski definition) is 0. The number of rotatable bonds is 2. The van der Waals surface area contributed by atoms with Crippen LogP contribution in [0.2, 0.25) is 0 Å². The van der Waals surface area contributed by atoms with Crippen molar-refractivity contribution in [1.82, 2.24) is 0 Å². The predicted molar refractivity (Wildman–Crippen MR) is 96.7 cm³/mol. The monoisotopic (exact) mass is 295 g/mol. The summed E-state index contributed by atoms with van der Waals surface area (Å²) in [4.78, 5) is 0. The van der Waals surface area contributed by atoms with E-state index in [4.69, 9.17) is 0 Å². The van der Waals surface area contributed by atoms with Gasteiger partial charge in [-0.25, -0.2) is 0 Å². The van der Waals surface area contributed by atoms with Gasteiger partial charge in [0.25, 0.3) is 0 Å². The van der Waals surface area contributed by atoms with E-state index in [2.05, 4.69) is 90.1 Å². The molecular weight excluding hydrogens is 268 g/mol. The van der Waals surface area contributed by atoms with E-state index in [-0.39, 0.29) is 20.3 Å². The summed E-state index contributed by atoms with van der Waals surface area (Å²) in [6.07, 6.45) is 0. The van der Waals surface area contributed by atoms with Crippen molar-refractivity contribution in [3.8, 4) is 0 Å². The first-order valence-corrected chi connectivity index (χ1v) is 8.87. The molecule has 2 aromatic carbocycles. The van der Waals surface area contributed by atoms with Gasteiger partial charge in [0, 0.05) is 0 Å². The average molecular weight is 296 g/mol. The minimum atomic E-state index is 0.191. The second kappa shape index (κ2) is 5.80. The van der Waals surface area contributed by atoms with Gasteiger partial charge in [0.05, 0.1) is 0 Å². The molecule has 0 nitrogen and oxygen atoms in total. The molecule has 0 spiro atoms. The Hall–Kier alpha value is -1.34. The van der Waals surface area contributed by atoms with E-state index in [1.807, 2.05) is 0 Å². The summed E-state index contributed by atoms with van der Waals surface area (Å²) in [6.45, 7) is 13.6. The highest BCUT2D eigenvalue weighted by Gasteiger charge is 2.14. The van der Waals surface area contributed by atoms with E-state index in [9.17, 15) is 0 Å². The van der Waals surface area contributed by atoms with Crippen molar-refractivity contribution >= 4 is 19.9 Å². The lowest BCUT2D eigenvalue weighted by atomic mass is 9.87. The lowest BCUT2D eigenvalue weighted by molar-refractivity contribution is 0.590. The number of hydrogen-bond acceptors (Lipinski definition) is 0. The van der Waals surface area contributed by atoms with E-state index in [1.54, 1.807) is 0 Å². The predicted octanol–water partition coefficient (Wildman–Crippen LogP) is 3.67. The van der Waals surface area contributed by atoms with Crippen molar-refractivity contribution in [2.45, 2.75) is 52.4 Å². The summed E-state index contributed by atoms with van der Waals surface area (Å²) in [7, 11) is 0.191. The maximum Gasteiger partial charge on any atom is 0.103 e. The molecule has 0 saturated heterocycles. The van der Waals surface area contributed by atoms with Gasteiger partial charge in [0.2, 0.25) is 0 Å². The van der Waals surface area contributed by atoms with Crippen LogP contribution in [0.5, 0.6) is 0 Å². The molecule has 2 aromatic rings. The van der Waals surface area contributed by atoms with E-state index in [1.165, 1.54) is 21.5 Å². The molecule has 0 bridgehead atoms. The molecule has 21 heavy (non-hydrogen) atoms. The zero-order valence-corrected chi connectivity index (χ0v) is 15.4. The summed E-state index contributed by atoms with van der Waals surface area (Å²) in [5.41, 5.74) is 3.30. The molecule has 0 N–H and O–H groups in total. The maximum atomic E-state index is 2.30. The van der Waals surface area contributed by atoms with Crippen LogP contribution in [-0.2, 0) is 10.8 Å². The van der Waals surface area contributed by atoms with E-state index >= 15 is 0 Å². The summed E-state index contributed by atoms with van der Waals surface area (Å²) >= 11 is 0. The Balaban J connectivity index is 2.12. The van der Waals surface area contributed by atoms with Crippen molar-refractivity contribution in [3.05, 3.63) is 59.7 Å². The Morgan fingerprint density at radius 3 is 1.05 bits per heavy atom. The molecule has 111 valence electrons. The van der Waals surface area contributed by atoms with Crippen molar-refractivity contribution < 1.29 is 0 Å². The summed E-state index contributed by atoms with van der Waals surface area (Å²) in [6, 6.07) is 18.3. The second-order valence-corrected chi connectivity index (χ2v) is 9.51. The molecule has 0 aliphatic rings. The van der Waals surface area contributed by atoms with Gasteiger partial charge in [-0.2, -0.15) is 0 Å². The van der Waals surface area contributed by atoms with Crippen molar-refractivity contribution in [2.24, 2.45) is 0 Å². The van der Waals surface area contributed by atoms with Crippen LogP contribution in [0.15, 0.2) is 48.5 Å². The Morgan fingerprint density at radius 2 is 0.810 bits per heavy atom. The highest BCUT2D eigenvalue weighted by atomic mass is 28.2. The fourth-order valence-electron chi connectivity index (χ4n) is 2.35. The van der Waals surface area contributed by atoms with Crippen LogP contribution in [-0.4, -0.2) is 9.52 Å². The third kappa shape index (κ3) is 4.31. The minimum Gasteiger partial charge on any atom is -0.0629 e. The smallest absolute Gasteiger partial charge is 0.0629 e. The summed E-state index contributed by atoms with van der Waals surface area (Å²) in [5, 5.41) is 2.93. The van der Waals surface area contributed by atoms with Gasteiger partial charge in [-0.3, -0.25) is 0 Å². The Labute approximate surface area is 132 Å². The fraction of sp³-hybridized carbons (Fsp3) is 0.400. The van der Waals surface area contributed by atoms with Gasteiger partial charge >= 0.3 is 0 Å². The second-order valence-electron chi connectivity index (χ2n) is 7.89. The third-order valence-electron chi connectivity index (χ3n) is 3.89. The normalized spacial score (nSPS) is 12.5. The zero-order valence-electron chi connectivity index (χ0n) is 14.2. The Morgan fingerprint density at radius 1 is 0.524 bits per heavy atom. The molecule has 0 saturated carbocycles. The zero-order chi connectivity index (χ0) is 15.7. The molecule has 0 unspecified atom stereocenters. The van der Waals surface area contributed by atoms with Gasteiger partial charge < -0.3 is 0 Å². The van der Waals surface area contributed by atoms with Gasteiger partial charge in [-0.1, -0.05) is 100 Å². The molecule has 2 rings (SSSR count). The van der Waals surface area contributed by atoms with Crippen LogP contribution < -0.4 is 10.4 Å². The van der Waals surface area contributed by atoms with Crippen molar-refractivity contribution in [2.75, 3.05) is 0 Å². The first-order valence-electron chi connectivity index (χ1n) is 7.72. The molecule has 0 aliphatic heterocycles. The third-order valence-corrected chi connectivity index (χ3v) is 5.32. The molecule has 0 aliphatic carbocycles. The van der Waals surface area contributed by atoms with Crippen LogP contribution >= 0.6 is 0 Å². The van der Waals surface area contributed by atoms with E-state index in [0.717, 1.165) is 0 Å². The van der Waals surface area contributed by atoms with Crippen LogP contribution in [0.3, 0.4) is 0 Å². The number of benzene rings is 2. The van der Waals surface area contributed by atoms with Gasteiger partial charge in [0.1, 0.15) is 9.52 Å². The van der Waals surface area contributed by atoms with E-state index < -0.39 is 0 Å². The lowest BCUT2D eigenvalue weighted by Gasteiger charge is -2.20. The van der Waals surface area contributed by atoms with Crippen LogP contribution in [0.1, 0.15) is 52.7 Å². The molecule has 0 aromatic heterocycles. The molecular formula is C20H27Si. The summed E-state index contributed by atoms with van der Waals surface area (Å²) in [5.74, 6) is 0. The lowest BCUT2D eigenvalue weighted by Crippen LogP contribution is -2.27. The van der Waals surface area contributed by atoms with Gasteiger partial charge in [0.15, 0.2) is 0 Å². The highest BCUT2D eigenvalue weighted by molar-refractivity contribution is 6.67. The Bertz CT molecular complexity index is 522. The van der Waals surface area contributed by atoms with Crippen LogP contribution in [0, 0.1) is 0 Å². The molecule has 1 radical (unpaired) electrons. The SMILES string of the molecule is CC(C)(C)c1ccc([SiH]c2ccc(C(C)(C)C)cc2)cc1. The van der Waals surface area contributed by atoms with Crippen molar-refractivity contribution in [1.29, 1.82) is 0 Å². The molecule has 0 atom stereocenters. The van der Waals surface area contributed by atoms with Crippen LogP contribution in [0.4, 0.5) is 0 Å². The molecule has 1 heteroatoms. The van der Waals surface area contributed by atoms with Gasteiger partial charge in [-0.15, -0.1) is 0 Å². The minimum absolute atomic E-state index is 0.191. The summed E-state index contributed by atoms with van der Waals surface area (Å²) < 4.78 is 0. The van der Waals surface area contributed by atoms with Gasteiger partial charge in [-0.05, 0) is 22.0 Å². The first kappa shape index (κ1) is 16.0. The largest absolute Gasteiger partial charge is 0.103 e. The Kier molecular flexibility index (Phi) is 4.43. The topological polar surface area (TPSA) is 0 Å². The molecule has 0 heterocycles. The fourth-order valence-corrected chi connectivity index (χ4v) is 3.51. The highest BCUT2D eigenvalue weighted by Crippen LogP contribution is 2.21.